The summed E-state index contributed by atoms with van der Waals surface area (Å²) in [5.74, 6) is -0.853. The summed E-state index contributed by atoms with van der Waals surface area (Å²) in [7, 11) is 0. The molecule has 0 aliphatic heterocycles. The molecule has 0 aliphatic rings. The zero-order valence-corrected chi connectivity index (χ0v) is 16.5. The van der Waals surface area contributed by atoms with Crippen LogP contribution in [0.15, 0.2) is 48.8 Å². The van der Waals surface area contributed by atoms with Crippen LogP contribution in [0.25, 0.3) is 0 Å². The van der Waals surface area contributed by atoms with Crippen LogP contribution in [0, 0.1) is 17.0 Å². The Bertz CT molecular complexity index is 1090. The maximum atomic E-state index is 12.3. The molecular weight excluding hydrogens is 419 g/mol. The van der Waals surface area contributed by atoms with Gasteiger partial charge in [0.15, 0.2) is 0 Å². The van der Waals surface area contributed by atoms with Crippen LogP contribution in [0.4, 0.5) is 23.0 Å². The van der Waals surface area contributed by atoms with E-state index in [9.17, 15) is 14.9 Å². The lowest BCUT2D eigenvalue weighted by molar-refractivity contribution is -0.383. The number of nitrogens with zero attached hydrogens (tertiary/aromatic N) is 3. The third-order valence-electron chi connectivity index (χ3n) is 3.85. The first kappa shape index (κ1) is 20.3. The van der Waals surface area contributed by atoms with Gasteiger partial charge in [-0.2, -0.15) is 0 Å². The van der Waals surface area contributed by atoms with Crippen molar-refractivity contribution in [1.29, 1.82) is 0 Å². The Morgan fingerprint density at radius 1 is 1.07 bits per heavy atom. The molecule has 1 aromatic heterocycles. The second-order valence-electron chi connectivity index (χ2n) is 5.82. The Hall–Kier alpha value is -3.43. The predicted octanol–water partition coefficient (Wildman–Crippen LogP) is 4.50. The van der Waals surface area contributed by atoms with E-state index < -0.39 is 16.5 Å². The fourth-order valence-corrected chi connectivity index (χ4v) is 2.77. The van der Waals surface area contributed by atoms with Gasteiger partial charge in [-0.15, -0.1) is 0 Å². The van der Waals surface area contributed by atoms with Gasteiger partial charge in [-0.05, 0) is 36.8 Å². The normalized spacial score (nSPS) is 10.3. The molecule has 3 rings (SSSR count). The van der Waals surface area contributed by atoms with Gasteiger partial charge in [0.25, 0.3) is 5.91 Å². The van der Waals surface area contributed by atoms with Crippen molar-refractivity contribution in [2.75, 3.05) is 10.7 Å². The van der Waals surface area contributed by atoms with Crippen molar-refractivity contribution in [3.05, 3.63) is 80.1 Å². The van der Waals surface area contributed by atoms with Crippen LogP contribution in [0.2, 0.25) is 10.0 Å². The minimum atomic E-state index is -0.665. The molecule has 0 radical (unpaired) electrons. The monoisotopic (exact) mass is 432 g/mol. The molecule has 0 saturated heterocycles. The smallest absolute Gasteiger partial charge is 0.334 e. The molecule has 11 heteroatoms. The predicted molar refractivity (Wildman–Crippen MR) is 111 cm³/mol. The van der Waals surface area contributed by atoms with Crippen molar-refractivity contribution in [1.82, 2.24) is 15.4 Å². The van der Waals surface area contributed by atoms with Crippen LogP contribution >= 0.6 is 23.2 Å². The van der Waals surface area contributed by atoms with Crippen LogP contribution in [-0.4, -0.2) is 20.8 Å². The van der Waals surface area contributed by atoms with Gasteiger partial charge in [-0.3, -0.25) is 25.8 Å². The summed E-state index contributed by atoms with van der Waals surface area (Å²) in [6.07, 6.45) is 1.12. The van der Waals surface area contributed by atoms with Gasteiger partial charge in [-0.1, -0.05) is 41.4 Å². The number of halogens is 2. The second-order valence-corrected chi connectivity index (χ2v) is 6.64. The first-order chi connectivity index (χ1) is 13.9. The molecule has 1 heterocycles. The number of nitrogens with one attached hydrogen (secondary N) is 3. The van der Waals surface area contributed by atoms with E-state index in [-0.39, 0.29) is 22.2 Å². The quantitative estimate of drug-likeness (QED) is 0.386. The highest BCUT2D eigenvalue weighted by atomic mass is 35.5. The molecule has 1 amide bonds. The van der Waals surface area contributed by atoms with Crippen LogP contribution in [0.1, 0.15) is 15.9 Å². The van der Waals surface area contributed by atoms with E-state index in [1.54, 1.807) is 36.4 Å². The third-order valence-corrected chi connectivity index (χ3v) is 4.59. The lowest BCUT2D eigenvalue weighted by Gasteiger charge is -2.12. The minimum absolute atomic E-state index is 0.0700. The Balaban J connectivity index is 1.85. The van der Waals surface area contributed by atoms with Crippen LogP contribution in [0.5, 0.6) is 0 Å². The number of aromatic nitrogens is 2. The van der Waals surface area contributed by atoms with E-state index >= 15 is 0 Å². The van der Waals surface area contributed by atoms with E-state index in [0.717, 1.165) is 11.9 Å². The summed E-state index contributed by atoms with van der Waals surface area (Å²) in [4.78, 5) is 31.0. The molecule has 0 unspecified atom stereocenters. The molecule has 0 fully saturated rings. The summed E-state index contributed by atoms with van der Waals surface area (Å²) >= 11 is 12.1. The lowest BCUT2D eigenvalue weighted by atomic mass is 10.2. The Labute approximate surface area is 175 Å². The fraction of sp³-hybridized carbons (Fsp3) is 0.0556. The average molecular weight is 433 g/mol. The molecule has 3 aromatic rings. The minimum Gasteiger partial charge on any atom is -0.334 e. The highest BCUT2D eigenvalue weighted by molar-refractivity contribution is 6.33. The number of amides is 1. The van der Waals surface area contributed by atoms with E-state index in [1.165, 1.54) is 6.07 Å². The number of carbonyl (C=O) groups is 1. The molecule has 0 aliphatic carbocycles. The van der Waals surface area contributed by atoms with Crippen molar-refractivity contribution in [2.45, 2.75) is 6.92 Å². The number of rotatable bonds is 6. The number of nitro groups is 1. The van der Waals surface area contributed by atoms with Gasteiger partial charge >= 0.3 is 5.69 Å². The maximum absolute atomic E-state index is 12.3. The zero-order valence-electron chi connectivity index (χ0n) is 14.9. The maximum Gasteiger partial charge on any atom is 0.355 e. The SMILES string of the molecule is Cc1ccc(Nc2ncnc(NNC(=O)c3ccccc3Cl)c2[N+](=O)[O-])cc1Cl. The van der Waals surface area contributed by atoms with Crippen molar-refractivity contribution < 1.29 is 9.72 Å². The lowest BCUT2D eigenvalue weighted by Crippen LogP contribution is -2.30. The number of hydrogen-bond acceptors (Lipinski definition) is 7. The molecule has 3 N–H and O–H groups in total. The molecule has 9 nitrogen and oxygen atoms in total. The van der Waals surface area contributed by atoms with E-state index in [2.05, 4.69) is 26.1 Å². The largest absolute Gasteiger partial charge is 0.355 e. The fourth-order valence-electron chi connectivity index (χ4n) is 2.37. The number of carbonyl (C=O) groups excluding carboxylic acids is 1. The first-order valence-corrected chi connectivity index (χ1v) is 8.96. The summed E-state index contributed by atoms with van der Waals surface area (Å²) in [5, 5.41) is 15.2. The van der Waals surface area contributed by atoms with Crippen molar-refractivity contribution >= 4 is 52.1 Å². The highest BCUT2D eigenvalue weighted by Crippen LogP contribution is 2.31. The zero-order chi connectivity index (χ0) is 21.0. The van der Waals surface area contributed by atoms with Gasteiger partial charge in [-0.25, -0.2) is 9.97 Å². The van der Waals surface area contributed by atoms with Gasteiger partial charge < -0.3 is 5.32 Å². The number of anilines is 3. The van der Waals surface area contributed by atoms with E-state index in [4.69, 9.17) is 23.2 Å². The Morgan fingerprint density at radius 3 is 2.48 bits per heavy atom. The van der Waals surface area contributed by atoms with Crippen molar-refractivity contribution in [3.8, 4) is 0 Å². The number of hydrogen-bond donors (Lipinski definition) is 3. The third kappa shape index (κ3) is 4.71. The molecular formula is C18H14Cl2N6O3. The van der Waals surface area contributed by atoms with Crippen LogP contribution < -0.4 is 16.2 Å². The van der Waals surface area contributed by atoms with Gasteiger partial charge in [0.1, 0.15) is 6.33 Å². The molecule has 0 spiro atoms. The molecule has 0 atom stereocenters. The molecule has 148 valence electrons. The summed E-state index contributed by atoms with van der Waals surface area (Å²) in [5.41, 5.74) is 5.90. The van der Waals surface area contributed by atoms with Crippen molar-refractivity contribution in [3.63, 3.8) is 0 Å². The van der Waals surface area contributed by atoms with Gasteiger partial charge in [0.2, 0.25) is 11.6 Å². The van der Waals surface area contributed by atoms with Crippen LogP contribution in [-0.2, 0) is 0 Å². The molecule has 0 bridgehead atoms. The number of aryl methyl sites for hydroxylation is 1. The summed E-state index contributed by atoms with van der Waals surface area (Å²) < 4.78 is 0. The van der Waals surface area contributed by atoms with Gasteiger partial charge in [0.05, 0.1) is 15.5 Å². The highest BCUT2D eigenvalue weighted by Gasteiger charge is 2.24. The standard InChI is InChI=1S/C18H14Cl2N6O3/c1-10-6-7-11(8-14(10)20)23-16-15(26(28)29)17(22-9-21-16)24-25-18(27)12-4-2-3-5-13(12)19/h2-9H,1H3,(H,25,27)(H2,21,22,23,24). The van der Waals surface area contributed by atoms with Crippen LogP contribution in [0.3, 0.4) is 0 Å². The summed E-state index contributed by atoms with van der Waals surface area (Å²) in [6.45, 7) is 1.84. The van der Waals surface area contributed by atoms with E-state index in [1.807, 2.05) is 6.92 Å². The topological polar surface area (TPSA) is 122 Å². The first-order valence-electron chi connectivity index (χ1n) is 8.20. The molecule has 29 heavy (non-hydrogen) atoms. The average Bonchev–Trinajstić information content (AvgIpc) is 2.69. The summed E-state index contributed by atoms with van der Waals surface area (Å²) in [6, 6.07) is 11.5. The number of hydrazine groups is 1. The Morgan fingerprint density at radius 2 is 1.79 bits per heavy atom. The van der Waals surface area contributed by atoms with E-state index in [0.29, 0.717) is 10.7 Å². The van der Waals surface area contributed by atoms with Gasteiger partial charge in [0, 0.05) is 10.7 Å². The second kappa shape index (κ2) is 8.72. The molecule has 0 saturated carbocycles. The Kier molecular flexibility index (Phi) is 6.10. The van der Waals surface area contributed by atoms with Crippen molar-refractivity contribution in [2.24, 2.45) is 0 Å². The molecule has 2 aromatic carbocycles. The number of benzene rings is 2.